The quantitative estimate of drug-likeness (QED) is 0.0211. The zero-order chi connectivity index (χ0) is 69.0. The number of esters is 2. The normalized spacial score (nSPS) is 14.2. The first-order valence-electron chi connectivity index (χ1n) is 36.2. The van der Waals surface area contributed by atoms with Crippen molar-refractivity contribution >= 4 is 17.9 Å². The summed E-state index contributed by atoms with van der Waals surface area (Å²) in [6, 6.07) is 0. The molecular formula is C86H130NO8+. The number of likely N-dealkylation sites (N-methyl/N-ethyl adjacent to an activating group) is 1. The summed E-state index contributed by atoms with van der Waals surface area (Å²) < 4.78 is 22.9. The van der Waals surface area contributed by atoms with Crippen LogP contribution in [0.25, 0.3) is 0 Å². The van der Waals surface area contributed by atoms with Crippen molar-refractivity contribution in [1.82, 2.24) is 0 Å². The van der Waals surface area contributed by atoms with Crippen LogP contribution in [0, 0.1) is 0 Å². The average Bonchev–Trinajstić information content (AvgIpc) is 3.75. The van der Waals surface area contributed by atoms with Crippen LogP contribution in [-0.4, -0.2) is 87.4 Å². The fourth-order valence-corrected chi connectivity index (χ4v) is 8.66. The van der Waals surface area contributed by atoms with Gasteiger partial charge in [-0.3, -0.25) is 9.59 Å². The van der Waals surface area contributed by atoms with Crippen molar-refractivity contribution < 1.29 is 42.9 Å². The van der Waals surface area contributed by atoms with Crippen molar-refractivity contribution in [3.8, 4) is 0 Å². The van der Waals surface area contributed by atoms with Gasteiger partial charge in [0.1, 0.15) is 13.2 Å². The van der Waals surface area contributed by atoms with Gasteiger partial charge < -0.3 is 28.5 Å². The highest BCUT2D eigenvalue weighted by molar-refractivity contribution is 5.71. The summed E-state index contributed by atoms with van der Waals surface area (Å²) in [5.74, 6) is -2.12. The number of aliphatic carboxylic acids is 1. The molecule has 2 atom stereocenters. The molecule has 0 aromatic carbocycles. The van der Waals surface area contributed by atoms with Gasteiger partial charge in [0.25, 0.3) is 6.29 Å². The molecule has 9 nitrogen and oxygen atoms in total. The molecule has 0 spiro atoms. The second kappa shape index (κ2) is 72.9. The number of ether oxygens (including phenoxy) is 4. The molecule has 526 valence electrons. The van der Waals surface area contributed by atoms with Crippen LogP contribution in [0.4, 0.5) is 0 Å². The first kappa shape index (κ1) is 88.1. The Morgan fingerprint density at radius 1 is 0.316 bits per heavy atom. The third-order valence-corrected chi connectivity index (χ3v) is 14.1. The van der Waals surface area contributed by atoms with E-state index in [4.69, 9.17) is 18.9 Å². The predicted molar refractivity (Wildman–Crippen MR) is 409 cm³/mol. The highest BCUT2D eigenvalue weighted by Gasteiger charge is 2.25. The van der Waals surface area contributed by atoms with Crippen LogP contribution in [0.2, 0.25) is 0 Å². The zero-order valence-electron chi connectivity index (χ0n) is 60.0. The third kappa shape index (κ3) is 74.4. The molecule has 0 aliphatic carbocycles. The van der Waals surface area contributed by atoms with E-state index in [1.165, 1.54) is 0 Å². The lowest BCUT2D eigenvalue weighted by Gasteiger charge is -2.25. The predicted octanol–water partition coefficient (Wildman–Crippen LogP) is 23.2. The van der Waals surface area contributed by atoms with E-state index in [0.29, 0.717) is 23.9 Å². The van der Waals surface area contributed by atoms with E-state index in [1.54, 1.807) is 0 Å². The van der Waals surface area contributed by atoms with E-state index < -0.39 is 30.3 Å². The smallest absolute Gasteiger partial charge is 0.361 e. The Labute approximate surface area is 580 Å². The van der Waals surface area contributed by atoms with Gasteiger partial charge in [-0.05, 0) is 167 Å². The van der Waals surface area contributed by atoms with Crippen molar-refractivity contribution in [1.29, 1.82) is 0 Å². The van der Waals surface area contributed by atoms with Crippen molar-refractivity contribution in [3.63, 3.8) is 0 Å². The Morgan fingerprint density at radius 3 is 0.863 bits per heavy atom. The SMILES string of the molecule is CC/C=C\C/C=C\C/C=C\C/C=C\C/C=C\C/C=C\C/C=C\C/C=C\C/C=C\C/C=C\CCCCCCCCC(=O)OC(COC(=O)CCCC/C=C\C/C=C\C/C=C\C/C=C\C/C=C\C/C=C\C/C=C\C/C=C\C/C=C\C/C=C\CC)COC(OCC[N+](C)(C)C)C(=O)O. The monoisotopic (exact) mass is 1300 g/mol. The number of carboxylic acids is 1. The number of allylic oxidation sites excluding steroid dienone is 40. The molecule has 0 amide bonds. The van der Waals surface area contributed by atoms with E-state index in [2.05, 4.69) is 257 Å². The highest BCUT2D eigenvalue weighted by atomic mass is 16.7. The number of unbranched alkanes of at least 4 members (excludes halogenated alkanes) is 8. The molecule has 0 saturated carbocycles. The lowest BCUT2D eigenvalue weighted by molar-refractivity contribution is -0.870. The van der Waals surface area contributed by atoms with E-state index in [9.17, 15) is 19.5 Å². The molecule has 0 heterocycles. The fraction of sp³-hybridized carbons (Fsp3) is 0.500. The van der Waals surface area contributed by atoms with E-state index in [0.717, 1.165) is 180 Å². The van der Waals surface area contributed by atoms with E-state index >= 15 is 0 Å². The van der Waals surface area contributed by atoms with Gasteiger partial charge in [0.05, 0.1) is 34.4 Å². The van der Waals surface area contributed by atoms with Gasteiger partial charge in [0.15, 0.2) is 6.10 Å². The van der Waals surface area contributed by atoms with Crippen LogP contribution in [0.15, 0.2) is 243 Å². The van der Waals surface area contributed by atoms with Crippen LogP contribution in [0.1, 0.15) is 219 Å². The summed E-state index contributed by atoms with van der Waals surface area (Å²) >= 11 is 0. The Bertz CT molecular complexity index is 2470. The molecule has 0 aliphatic rings. The molecule has 0 aromatic heterocycles. The molecule has 0 radical (unpaired) electrons. The van der Waals surface area contributed by atoms with Crippen LogP contribution < -0.4 is 0 Å². The summed E-state index contributed by atoms with van der Waals surface area (Å²) in [5, 5.41) is 9.75. The molecule has 1 N–H and O–H groups in total. The fourth-order valence-electron chi connectivity index (χ4n) is 8.66. The summed E-state index contributed by atoms with van der Waals surface area (Å²) in [6.07, 6.45) is 116. The lowest BCUT2D eigenvalue weighted by Crippen LogP contribution is -2.40. The third-order valence-electron chi connectivity index (χ3n) is 14.1. The van der Waals surface area contributed by atoms with Crippen molar-refractivity contribution in [3.05, 3.63) is 243 Å². The van der Waals surface area contributed by atoms with Crippen LogP contribution in [0.5, 0.6) is 0 Å². The Kier molecular flexibility index (Phi) is 67.6. The van der Waals surface area contributed by atoms with Gasteiger partial charge in [-0.15, -0.1) is 0 Å². The van der Waals surface area contributed by atoms with Crippen LogP contribution >= 0.6 is 0 Å². The molecule has 0 fully saturated rings. The molecule has 0 bridgehead atoms. The number of carboxylic acid groups (broad SMARTS) is 1. The van der Waals surface area contributed by atoms with Gasteiger partial charge in [-0.2, -0.15) is 0 Å². The maximum absolute atomic E-state index is 13.0. The van der Waals surface area contributed by atoms with Crippen LogP contribution in [0.3, 0.4) is 0 Å². The summed E-state index contributed by atoms with van der Waals surface area (Å²) in [6.45, 7) is 4.54. The Morgan fingerprint density at radius 2 is 0.568 bits per heavy atom. The minimum atomic E-state index is -1.54. The molecular weight excluding hydrogens is 1170 g/mol. The minimum absolute atomic E-state index is 0.163. The number of carbonyl (C=O) groups excluding carboxylic acids is 2. The first-order valence-corrected chi connectivity index (χ1v) is 36.2. The zero-order valence-corrected chi connectivity index (χ0v) is 60.0. The number of hydrogen-bond donors (Lipinski definition) is 1. The summed E-state index contributed by atoms with van der Waals surface area (Å²) in [7, 11) is 5.94. The molecule has 95 heavy (non-hydrogen) atoms. The maximum Gasteiger partial charge on any atom is 0.361 e. The van der Waals surface area contributed by atoms with Gasteiger partial charge in [0, 0.05) is 12.8 Å². The Balaban J connectivity index is 4.33. The van der Waals surface area contributed by atoms with Crippen molar-refractivity contribution in [2.45, 2.75) is 232 Å². The molecule has 0 aromatic rings. The first-order chi connectivity index (χ1) is 46.6. The van der Waals surface area contributed by atoms with Crippen molar-refractivity contribution in [2.24, 2.45) is 0 Å². The van der Waals surface area contributed by atoms with E-state index in [-0.39, 0.29) is 32.7 Å². The summed E-state index contributed by atoms with van der Waals surface area (Å²) in [5.41, 5.74) is 0. The topological polar surface area (TPSA) is 108 Å². The van der Waals surface area contributed by atoms with Crippen molar-refractivity contribution in [2.75, 3.05) is 47.5 Å². The number of hydrogen-bond acceptors (Lipinski definition) is 7. The minimum Gasteiger partial charge on any atom is -0.477 e. The molecule has 0 aliphatic heterocycles. The van der Waals surface area contributed by atoms with Gasteiger partial charge in [-0.1, -0.05) is 283 Å². The Hall–Kier alpha value is -6.91. The standard InChI is InChI=1S/C86H129NO8/c1-6-8-10-12-14-16-18-20-22-24-26-28-30-32-34-36-38-40-41-42-43-45-47-49-51-53-55-57-59-61-63-65-67-69-71-73-75-77-84(89)95-82(81-94-86(85(90)91)92-79-78-87(3,4)5)80-93-83(88)76-74-72-70-68-66-64-62-60-58-56-54-52-50-48-46-44-39-37-35-33-31-29-27-25-23-21-19-17-15-13-11-9-7-2/h8-11,14-17,20-23,26-29,32-35,38-40,42-44,47-50,53-56,59-62,66,68,82,86H,6-7,12-13,18-19,24-25,30-31,36-37,41,45-46,51-52,57-58,63-65,67,69-81H2,1-5H3/p+1/b10-8-,11-9-,16-14-,17-15-,22-20-,23-21-,28-26-,29-27-,34-32-,35-33-,40-38-,43-42-,44-39-,49-47-,50-48-,55-53-,56-54-,61-59-,62-60-,68-66-. The number of rotatable bonds is 63. The molecule has 9 heteroatoms. The largest absolute Gasteiger partial charge is 0.477 e. The number of quaternary nitrogens is 1. The number of nitrogens with zero attached hydrogens (tertiary/aromatic N) is 1. The van der Waals surface area contributed by atoms with Gasteiger partial charge in [-0.25, -0.2) is 4.79 Å². The number of carbonyl (C=O) groups is 3. The second-order valence-electron chi connectivity index (χ2n) is 24.1. The maximum atomic E-state index is 13.0. The molecule has 0 saturated heterocycles. The van der Waals surface area contributed by atoms with Gasteiger partial charge >= 0.3 is 17.9 Å². The highest BCUT2D eigenvalue weighted by Crippen LogP contribution is 2.13. The second-order valence-corrected chi connectivity index (χ2v) is 24.1. The average molecular weight is 1310 g/mol. The lowest BCUT2D eigenvalue weighted by atomic mass is 10.1. The molecule has 0 rings (SSSR count). The van der Waals surface area contributed by atoms with Gasteiger partial charge in [0.2, 0.25) is 0 Å². The summed E-state index contributed by atoms with van der Waals surface area (Å²) in [4.78, 5) is 37.6. The van der Waals surface area contributed by atoms with Crippen LogP contribution in [-0.2, 0) is 33.3 Å². The molecule has 2 unspecified atom stereocenters. The van der Waals surface area contributed by atoms with E-state index in [1.807, 2.05) is 21.1 Å².